The zero-order valence-corrected chi connectivity index (χ0v) is 13.4. The summed E-state index contributed by atoms with van der Waals surface area (Å²) in [5, 5.41) is 0.446. The summed E-state index contributed by atoms with van der Waals surface area (Å²) < 4.78 is 5.11. The van der Waals surface area contributed by atoms with Crippen LogP contribution in [0.2, 0.25) is 0 Å². The molecule has 0 aliphatic carbocycles. The van der Waals surface area contributed by atoms with Crippen LogP contribution in [0.15, 0.2) is 30.3 Å². The second-order valence-electron chi connectivity index (χ2n) is 5.32. The van der Waals surface area contributed by atoms with Crippen molar-refractivity contribution < 1.29 is 28.8 Å². The Labute approximate surface area is 138 Å². The van der Waals surface area contributed by atoms with E-state index >= 15 is 0 Å². The van der Waals surface area contributed by atoms with E-state index in [1.165, 1.54) is 14.0 Å². The molecule has 1 aliphatic rings. The zero-order chi connectivity index (χ0) is 17.7. The molecular weight excluding hydrogens is 316 g/mol. The molecule has 1 aliphatic heterocycles. The molecule has 8 nitrogen and oxygen atoms in total. The molecule has 0 spiro atoms. The number of likely N-dealkylation sites (N-methyl/N-ethyl adjacent to an activating group) is 1. The number of rotatable bonds is 5. The normalized spacial score (nSPS) is 15.2. The average molecular weight is 334 g/mol. The Kier molecular flexibility index (Phi) is 5.51. The highest BCUT2D eigenvalue weighted by Crippen LogP contribution is 2.14. The third-order valence-electron chi connectivity index (χ3n) is 3.60. The summed E-state index contributed by atoms with van der Waals surface area (Å²) in [5.41, 5.74) is 0.808. The number of nitrogens with zero attached hydrogens (tertiary/aromatic N) is 2. The van der Waals surface area contributed by atoms with Crippen molar-refractivity contribution >= 4 is 23.9 Å². The predicted octanol–water partition coefficient (Wildman–Crippen LogP) is 1.25. The van der Waals surface area contributed by atoms with Crippen molar-refractivity contribution in [2.45, 2.75) is 32.4 Å². The van der Waals surface area contributed by atoms with E-state index in [-0.39, 0.29) is 19.4 Å². The number of hydrogen-bond donors (Lipinski definition) is 0. The fraction of sp³-hybridized carbons (Fsp3) is 0.375. The summed E-state index contributed by atoms with van der Waals surface area (Å²) in [6.45, 7) is 1.48. The van der Waals surface area contributed by atoms with Crippen molar-refractivity contribution in [3.05, 3.63) is 35.9 Å². The molecule has 0 saturated carbocycles. The van der Waals surface area contributed by atoms with Crippen LogP contribution in [0, 0.1) is 0 Å². The van der Waals surface area contributed by atoms with Crippen molar-refractivity contribution in [1.29, 1.82) is 0 Å². The number of hydrogen-bond acceptors (Lipinski definition) is 6. The van der Waals surface area contributed by atoms with Crippen molar-refractivity contribution in [3.63, 3.8) is 0 Å². The maximum absolute atomic E-state index is 12.0. The Morgan fingerprint density at radius 3 is 2.33 bits per heavy atom. The number of hydroxylamine groups is 2. The molecule has 1 fully saturated rings. The van der Waals surface area contributed by atoms with Gasteiger partial charge in [0.15, 0.2) is 0 Å². The highest BCUT2D eigenvalue weighted by atomic mass is 16.7. The lowest BCUT2D eigenvalue weighted by Gasteiger charge is -2.24. The standard InChI is InChI=1S/C16H18N2O6/c1-11(15(21)24-18-13(19)8-9-14(18)20)17(2)16(22)23-10-12-6-4-3-5-7-12/h3-7,11H,8-10H2,1-2H3/t11-/m1/s1. The second kappa shape index (κ2) is 7.58. The van der Waals surface area contributed by atoms with Crippen LogP contribution >= 0.6 is 0 Å². The fourth-order valence-electron chi connectivity index (χ4n) is 1.96. The van der Waals surface area contributed by atoms with Crippen molar-refractivity contribution in [2.75, 3.05) is 7.05 Å². The largest absolute Gasteiger partial charge is 0.445 e. The van der Waals surface area contributed by atoms with Crippen molar-refractivity contribution in [1.82, 2.24) is 9.96 Å². The van der Waals surface area contributed by atoms with Gasteiger partial charge >= 0.3 is 12.1 Å². The molecule has 2 rings (SSSR count). The molecule has 1 aromatic carbocycles. The SMILES string of the molecule is C[C@H](C(=O)ON1C(=O)CCC1=O)N(C)C(=O)OCc1ccccc1. The highest BCUT2D eigenvalue weighted by Gasteiger charge is 2.35. The minimum absolute atomic E-state index is 0.00938. The van der Waals surface area contributed by atoms with Crippen LogP contribution in [0.1, 0.15) is 25.3 Å². The van der Waals surface area contributed by atoms with Gasteiger partial charge in [0.05, 0.1) is 0 Å². The van der Waals surface area contributed by atoms with Gasteiger partial charge in [0, 0.05) is 19.9 Å². The van der Waals surface area contributed by atoms with Gasteiger partial charge in [-0.05, 0) is 12.5 Å². The lowest BCUT2D eigenvalue weighted by Crippen LogP contribution is -2.44. The Balaban J connectivity index is 1.87. The molecule has 1 aromatic rings. The maximum atomic E-state index is 12.0. The Morgan fingerprint density at radius 2 is 1.75 bits per heavy atom. The van der Waals surface area contributed by atoms with Crippen molar-refractivity contribution in [2.24, 2.45) is 0 Å². The van der Waals surface area contributed by atoms with E-state index in [1.54, 1.807) is 12.1 Å². The molecule has 8 heteroatoms. The van der Waals surface area contributed by atoms with Crippen LogP contribution in [0.3, 0.4) is 0 Å². The molecule has 0 unspecified atom stereocenters. The van der Waals surface area contributed by atoms with Crippen LogP contribution in [-0.2, 0) is 30.6 Å². The van der Waals surface area contributed by atoms with Gasteiger partial charge in [-0.25, -0.2) is 9.59 Å². The van der Waals surface area contributed by atoms with E-state index in [2.05, 4.69) is 0 Å². The third kappa shape index (κ3) is 4.09. The highest BCUT2D eigenvalue weighted by molar-refractivity contribution is 6.01. The lowest BCUT2D eigenvalue weighted by atomic mass is 10.2. The molecule has 1 saturated heterocycles. The first-order valence-electron chi connectivity index (χ1n) is 7.41. The first-order valence-corrected chi connectivity index (χ1v) is 7.41. The van der Waals surface area contributed by atoms with E-state index in [9.17, 15) is 19.2 Å². The molecule has 24 heavy (non-hydrogen) atoms. The van der Waals surface area contributed by atoms with E-state index in [0.29, 0.717) is 5.06 Å². The average Bonchev–Trinajstić information content (AvgIpc) is 2.91. The molecule has 0 radical (unpaired) electrons. The van der Waals surface area contributed by atoms with E-state index in [1.807, 2.05) is 18.2 Å². The number of imide groups is 1. The first kappa shape index (κ1) is 17.5. The Bertz CT molecular complexity index is 629. The number of amides is 3. The summed E-state index contributed by atoms with van der Waals surface area (Å²) in [7, 11) is 1.37. The summed E-state index contributed by atoms with van der Waals surface area (Å²) in [4.78, 5) is 52.6. The van der Waals surface area contributed by atoms with Crippen molar-refractivity contribution in [3.8, 4) is 0 Å². The monoisotopic (exact) mass is 334 g/mol. The first-order chi connectivity index (χ1) is 11.4. The molecule has 0 bridgehead atoms. The molecule has 3 amide bonds. The summed E-state index contributed by atoms with van der Waals surface area (Å²) in [5.74, 6) is -2.04. The van der Waals surface area contributed by atoms with Gasteiger partial charge < -0.3 is 9.57 Å². The van der Waals surface area contributed by atoms with Crippen LogP contribution in [0.5, 0.6) is 0 Å². The van der Waals surface area contributed by atoms with Gasteiger partial charge in [-0.3, -0.25) is 14.5 Å². The third-order valence-corrected chi connectivity index (χ3v) is 3.60. The van der Waals surface area contributed by atoms with Gasteiger partial charge in [-0.15, -0.1) is 5.06 Å². The van der Waals surface area contributed by atoms with Gasteiger partial charge in [0.2, 0.25) is 0 Å². The number of carbonyl (C=O) groups excluding carboxylic acids is 4. The van der Waals surface area contributed by atoms with Gasteiger partial charge in [0.1, 0.15) is 12.6 Å². The van der Waals surface area contributed by atoms with Crippen LogP contribution in [0.25, 0.3) is 0 Å². The predicted molar refractivity (Wildman–Crippen MR) is 81.0 cm³/mol. The van der Waals surface area contributed by atoms with E-state index < -0.39 is 29.9 Å². The summed E-state index contributed by atoms with van der Waals surface area (Å²) in [6.07, 6.45) is -0.701. The minimum atomic E-state index is -1.02. The molecule has 0 aromatic heterocycles. The van der Waals surface area contributed by atoms with Crippen LogP contribution in [-0.4, -0.2) is 46.9 Å². The Hall–Kier alpha value is -2.90. The van der Waals surface area contributed by atoms with Crippen LogP contribution < -0.4 is 0 Å². The smallest absolute Gasteiger partial charge is 0.410 e. The molecule has 0 N–H and O–H groups in total. The number of benzene rings is 1. The van der Waals surface area contributed by atoms with Gasteiger partial charge in [-0.2, -0.15) is 0 Å². The molecule has 1 heterocycles. The lowest BCUT2D eigenvalue weighted by molar-refractivity contribution is -0.200. The van der Waals surface area contributed by atoms with Crippen LogP contribution in [0.4, 0.5) is 4.79 Å². The fourth-order valence-corrected chi connectivity index (χ4v) is 1.96. The maximum Gasteiger partial charge on any atom is 0.410 e. The van der Waals surface area contributed by atoms with Gasteiger partial charge in [0.25, 0.3) is 11.8 Å². The molecule has 1 atom stereocenters. The van der Waals surface area contributed by atoms with E-state index in [0.717, 1.165) is 10.5 Å². The zero-order valence-electron chi connectivity index (χ0n) is 13.4. The summed E-state index contributed by atoms with van der Waals surface area (Å²) >= 11 is 0. The topological polar surface area (TPSA) is 93.2 Å². The molecular formula is C16H18N2O6. The second-order valence-corrected chi connectivity index (χ2v) is 5.32. The van der Waals surface area contributed by atoms with Gasteiger partial charge in [-0.1, -0.05) is 30.3 Å². The number of ether oxygens (including phenoxy) is 1. The summed E-state index contributed by atoms with van der Waals surface area (Å²) in [6, 6.07) is 8.06. The minimum Gasteiger partial charge on any atom is -0.445 e. The quantitative estimate of drug-likeness (QED) is 0.752. The molecule has 128 valence electrons. The van der Waals surface area contributed by atoms with E-state index in [4.69, 9.17) is 9.57 Å². The Morgan fingerprint density at radius 1 is 1.17 bits per heavy atom. The number of carbonyl (C=O) groups is 4.